The lowest BCUT2D eigenvalue weighted by Gasteiger charge is -2.33. The summed E-state index contributed by atoms with van der Waals surface area (Å²) in [4.78, 5) is 14.8. The zero-order chi connectivity index (χ0) is 19.4. The summed E-state index contributed by atoms with van der Waals surface area (Å²) in [6.07, 6.45) is 3.34. The average molecular weight is 391 g/mol. The second-order valence-electron chi connectivity index (χ2n) is 6.51. The minimum absolute atomic E-state index is 0.218. The number of carbonyl (C=O) groups excluding carboxylic acids is 1. The van der Waals surface area contributed by atoms with Gasteiger partial charge in [-0.15, -0.1) is 0 Å². The number of nitrogens with one attached hydrogen (secondary N) is 1. The van der Waals surface area contributed by atoms with Gasteiger partial charge >= 0.3 is 0 Å². The molecule has 3 rings (SSSR count). The Morgan fingerprint density at radius 3 is 2.41 bits per heavy atom. The molecule has 146 valence electrons. The first-order valence-corrected chi connectivity index (χ1v) is 10.5. The SMILES string of the molecule is CCN1CCN(S(=O)(=O)c2ccc(NC(=O)C(C)n3cccn3)cc2)CC1. The topological polar surface area (TPSA) is 87.5 Å². The molecule has 1 aliphatic heterocycles. The zero-order valence-electron chi connectivity index (χ0n) is 15.6. The number of nitrogens with zero attached hydrogens (tertiary/aromatic N) is 4. The fraction of sp³-hybridized carbons (Fsp3) is 0.444. The number of carbonyl (C=O) groups is 1. The summed E-state index contributed by atoms with van der Waals surface area (Å²) in [7, 11) is -3.51. The number of amides is 1. The molecule has 8 nitrogen and oxygen atoms in total. The number of rotatable bonds is 6. The van der Waals surface area contributed by atoms with Gasteiger partial charge in [0.15, 0.2) is 0 Å². The summed E-state index contributed by atoms with van der Waals surface area (Å²) in [5, 5.41) is 6.84. The van der Waals surface area contributed by atoms with Crippen LogP contribution in [0.15, 0.2) is 47.6 Å². The fourth-order valence-electron chi connectivity index (χ4n) is 3.02. The molecule has 1 N–H and O–H groups in total. The van der Waals surface area contributed by atoms with Gasteiger partial charge in [0, 0.05) is 44.3 Å². The summed E-state index contributed by atoms with van der Waals surface area (Å²) in [6, 6.07) is 7.60. The van der Waals surface area contributed by atoms with Gasteiger partial charge in [-0.3, -0.25) is 9.48 Å². The highest BCUT2D eigenvalue weighted by Crippen LogP contribution is 2.20. The Morgan fingerprint density at radius 2 is 1.85 bits per heavy atom. The first-order chi connectivity index (χ1) is 12.9. The zero-order valence-corrected chi connectivity index (χ0v) is 16.4. The highest BCUT2D eigenvalue weighted by Gasteiger charge is 2.28. The molecule has 1 atom stereocenters. The molecule has 0 spiro atoms. The van der Waals surface area contributed by atoms with Gasteiger partial charge in [0.25, 0.3) is 0 Å². The molecule has 0 aliphatic carbocycles. The van der Waals surface area contributed by atoms with E-state index in [1.807, 2.05) is 0 Å². The van der Waals surface area contributed by atoms with E-state index in [4.69, 9.17) is 0 Å². The van der Waals surface area contributed by atoms with Crippen LogP contribution >= 0.6 is 0 Å². The number of benzene rings is 1. The van der Waals surface area contributed by atoms with E-state index in [0.717, 1.165) is 19.6 Å². The number of likely N-dealkylation sites (N-methyl/N-ethyl adjacent to an activating group) is 1. The first kappa shape index (κ1) is 19.5. The molecule has 1 amide bonds. The van der Waals surface area contributed by atoms with Crippen molar-refractivity contribution >= 4 is 21.6 Å². The van der Waals surface area contributed by atoms with E-state index in [1.54, 1.807) is 42.2 Å². The van der Waals surface area contributed by atoms with Gasteiger partial charge in [-0.2, -0.15) is 9.40 Å². The van der Waals surface area contributed by atoms with Crippen LogP contribution in [0.5, 0.6) is 0 Å². The van der Waals surface area contributed by atoms with E-state index in [0.29, 0.717) is 18.8 Å². The van der Waals surface area contributed by atoms with Gasteiger partial charge in [-0.1, -0.05) is 6.92 Å². The highest BCUT2D eigenvalue weighted by atomic mass is 32.2. The van der Waals surface area contributed by atoms with Crippen LogP contribution in [0.4, 0.5) is 5.69 Å². The average Bonchev–Trinajstić information content (AvgIpc) is 3.22. The summed E-state index contributed by atoms with van der Waals surface area (Å²) < 4.78 is 28.7. The van der Waals surface area contributed by atoms with Crippen LogP contribution in [0.3, 0.4) is 0 Å². The Hall–Kier alpha value is -2.23. The Morgan fingerprint density at radius 1 is 1.19 bits per heavy atom. The van der Waals surface area contributed by atoms with Gasteiger partial charge in [-0.25, -0.2) is 8.42 Å². The monoisotopic (exact) mass is 391 g/mol. The smallest absolute Gasteiger partial charge is 0.248 e. The van der Waals surface area contributed by atoms with Crippen molar-refractivity contribution in [3.8, 4) is 0 Å². The van der Waals surface area contributed by atoms with Gasteiger partial charge in [0.05, 0.1) is 4.90 Å². The quantitative estimate of drug-likeness (QED) is 0.804. The van der Waals surface area contributed by atoms with Crippen LogP contribution in [-0.2, 0) is 14.8 Å². The lowest BCUT2D eigenvalue weighted by atomic mass is 10.2. The van der Waals surface area contributed by atoms with E-state index in [2.05, 4.69) is 22.2 Å². The van der Waals surface area contributed by atoms with Crippen molar-refractivity contribution in [3.63, 3.8) is 0 Å². The molecule has 2 heterocycles. The van der Waals surface area contributed by atoms with Crippen LogP contribution in [0, 0.1) is 0 Å². The predicted molar refractivity (Wildman–Crippen MR) is 103 cm³/mol. The third-order valence-electron chi connectivity index (χ3n) is 4.84. The fourth-order valence-corrected chi connectivity index (χ4v) is 4.44. The number of sulfonamides is 1. The van der Waals surface area contributed by atoms with Crippen molar-refractivity contribution in [3.05, 3.63) is 42.7 Å². The van der Waals surface area contributed by atoms with Crippen LogP contribution < -0.4 is 5.32 Å². The Balaban J connectivity index is 1.65. The molecule has 1 saturated heterocycles. The van der Waals surface area contributed by atoms with Crippen molar-refractivity contribution in [1.29, 1.82) is 0 Å². The second kappa shape index (κ2) is 8.20. The predicted octanol–water partition coefficient (Wildman–Crippen LogP) is 1.41. The third-order valence-corrected chi connectivity index (χ3v) is 6.75. The standard InChI is InChI=1S/C18H25N5O3S/c1-3-21-11-13-22(14-12-21)27(25,26)17-7-5-16(6-8-17)20-18(24)15(2)23-10-4-9-19-23/h4-10,15H,3,11-14H2,1-2H3,(H,20,24). The van der Waals surface area contributed by atoms with Crippen molar-refractivity contribution < 1.29 is 13.2 Å². The molecule has 1 fully saturated rings. The van der Waals surface area contributed by atoms with Crippen LogP contribution in [-0.4, -0.2) is 66.0 Å². The molecule has 0 bridgehead atoms. The molecular weight excluding hydrogens is 366 g/mol. The van der Waals surface area contributed by atoms with Gasteiger partial charge < -0.3 is 10.2 Å². The van der Waals surface area contributed by atoms with Gasteiger partial charge in [-0.05, 0) is 43.8 Å². The van der Waals surface area contributed by atoms with E-state index in [1.165, 1.54) is 16.4 Å². The number of piperazine rings is 1. The number of aromatic nitrogens is 2. The molecule has 1 aromatic carbocycles. The molecule has 2 aromatic rings. The maximum atomic E-state index is 12.8. The van der Waals surface area contributed by atoms with Crippen molar-refractivity contribution in [2.24, 2.45) is 0 Å². The number of anilines is 1. The second-order valence-corrected chi connectivity index (χ2v) is 8.45. The Kier molecular flexibility index (Phi) is 5.93. The summed E-state index contributed by atoms with van der Waals surface area (Å²) in [6.45, 7) is 7.23. The molecule has 0 saturated carbocycles. The van der Waals surface area contributed by atoms with E-state index >= 15 is 0 Å². The summed E-state index contributed by atoms with van der Waals surface area (Å²) in [5.74, 6) is -0.218. The van der Waals surface area contributed by atoms with Crippen LogP contribution in [0.1, 0.15) is 19.9 Å². The molecule has 0 radical (unpaired) electrons. The van der Waals surface area contributed by atoms with Gasteiger partial charge in [0.2, 0.25) is 15.9 Å². The molecule has 27 heavy (non-hydrogen) atoms. The van der Waals surface area contributed by atoms with Crippen LogP contribution in [0.25, 0.3) is 0 Å². The lowest BCUT2D eigenvalue weighted by molar-refractivity contribution is -0.119. The molecule has 1 unspecified atom stereocenters. The van der Waals surface area contributed by atoms with Crippen LogP contribution in [0.2, 0.25) is 0 Å². The normalized spacial score (nSPS) is 17.6. The van der Waals surface area contributed by atoms with Gasteiger partial charge in [0.1, 0.15) is 6.04 Å². The maximum absolute atomic E-state index is 12.8. The van der Waals surface area contributed by atoms with Crippen molar-refractivity contribution in [2.75, 3.05) is 38.0 Å². The molecular formula is C18H25N5O3S. The summed E-state index contributed by atoms with van der Waals surface area (Å²) >= 11 is 0. The minimum Gasteiger partial charge on any atom is -0.324 e. The van der Waals surface area contributed by atoms with E-state index in [9.17, 15) is 13.2 Å². The van der Waals surface area contributed by atoms with Crippen molar-refractivity contribution in [1.82, 2.24) is 19.0 Å². The minimum atomic E-state index is -3.51. The lowest BCUT2D eigenvalue weighted by Crippen LogP contribution is -2.48. The van der Waals surface area contributed by atoms with E-state index < -0.39 is 16.1 Å². The molecule has 9 heteroatoms. The summed E-state index contributed by atoms with van der Waals surface area (Å²) in [5.41, 5.74) is 0.550. The van der Waals surface area contributed by atoms with Crippen molar-refractivity contribution in [2.45, 2.75) is 24.8 Å². The third kappa shape index (κ3) is 4.37. The first-order valence-electron chi connectivity index (χ1n) is 9.04. The molecule has 1 aromatic heterocycles. The number of hydrogen-bond donors (Lipinski definition) is 1. The number of hydrogen-bond acceptors (Lipinski definition) is 5. The highest BCUT2D eigenvalue weighted by molar-refractivity contribution is 7.89. The maximum Gasteiger partial charge on any atom is 0.248 e. The molecule has 1 aliphatic rings. The Labute approximate surface area is 159 Å². The Bertz CT molecular complexity index is 857. The largest absolute Gasteiger partial charge is 0.324 e. The van der Waals surface area contributed by atoms with E-state index in [-0.39, 0.29) is 10.8 Å².